The maximum atomic E-state index is 10.8. The van der Waals surface area contributed by atoms with Gasteiger partial charge in [0.25, 0.3) is 0 Å². The van der Waals surface area contributed by atoms with Gasteiger partial charge in [0.15, 0.2) is 0 Å². The Morgan fingerprint density at radius 3 is 2.79 bits per heavy atom. The summed E-state index contributed by atoms with van der Waals surface area (Å²) in [6.07, 6.45) is 0. The molecule has 0 atom stereocenters. The van der Waals surface area contributed by atoms with Gasteiger partial charge in [-0.1, -0.05) is 0 Å². The number of anilines is 1. The molecular weight excluding hydrogens is 202 g/mol. The first-order valence-corrected chi connectivity index (χ1v) is 4.71. The first kappa shape index (κ1) is 8.83. The van der Waals surface area contributed by atoms with Crippen LogP contribution in [0.1, 0.15) is 10.4 Å². The summed E-state index contributed by atoms with van der Waals surface area (Å²) in [4.78, 5) is 10.8. The zero-order valence-corrected chi connectivity index (χ0v) is 7.84. The molecule has 1 aromatic carbocycles. The van der Waals surface area contributed by atoms with E-state index in [-0.39, 0.29) is 11.3 Å². The van der Waals surface area contributed by atoms with Gasteiger partial charge in [-0.3, -0.25) is 0 Å². The van der Waals surface area contributed by atoms with Crippen molar-refractivity contribution in [1.82, 2.24) is 0 Å². The molecule has 0 aliphatic heterocycles. The molecule has 0 radical (unpaired) electrons. The number of hydrogen-bond donors (Lipinski definition) is 3. The fourth-order valence-electron chi connectivity index (χ4n) is 1.31. The Labute approximate surface area is 83.2 Å². The largest absolute Gasteiger partial charge is 0.507 e. The van der Waals surface area contributed by atoms with Gasteiger partial charge in [-0.2, -0.15) is 0 Å². The van der Waals surface area contributed by atoms with Gasteiger partial charge < -0.3 is 15.9 Å². The quantitative estimate of drug-likeness (QED) is 0.494. The highest BCUT2D eigenvalue weighted by Gasteiger charge is 2.15. The number of benzene rings is 1. The van der Waals surface area contributed by atoms with Gasteiger partial charge >= 0.3 is 5.97 Å². The number of fused-ring (bicyclic) bond motifs is 1. The second-order valence-electron chi connectivity index (χ2n) is 2.83. The number of aromatic carboxylic acids is 1. The summed E-state index contributed by atoms with van der Waals surface area (Å²) in [6.45, 7) is 0. The first-order valence-electron chi connectivity index (χ1n) is 3.83. The first-order chi connectivity index (χ1) is 6.61. The fraction of sp³-hybridized carbons (Fsp3) is 0. The van der Waals surface area contributed by atoms with Crippen molar-refractivity contribution in [2.75, 3.05) is 5.73 Å². The highest BCUT2D eigenvalue weighted by molar-refractivity contribution is 7.18. The minimum Gasteiger partial charge on any atom is -0.507 e. The SMILES string of the molecule is Nc1ccc(O)c2c(C(=O)O)csc12. The van der Waals surface area contributed by atoms with E-state index in [0.29, 0.717) is 15.8 Å². The molecule has 0 spiro atoms. The van der Waals surface area contributed by atoms with Crippen LogP contribution in [0.4, 0.5) is 5.69 Å². The van der Waals surface area contributed by atoms with Gasteiger partial charge in [-0.15, -0.1) is 11.3 Å². The topological polar surface area (TPSA) is 83.5 Å². The third kappa shape index (κ3) is 1.10. The summed E-state index contributed by atoms with van der Waals surface area (Å²) in [7, 11) is 0. The average Bonchev–Trinajstić information content (AvgIpc) is 2.56. The Morgan fingerprint density at radius 2 is 2.14 bits per heavy atom. The van der Waals surface area contributed by atoms with Gasteiger partial charge in [-0.25, -0.2) is 4.79 Å². The molecule has 72 valence electrons. The number of nitrogen functional groups attached to an aromatic ring is 1. The molecule has 4 N–H and O–H groups in total. The summed E-state index contributed by atoms with van der Waals surface area (Å²) in [5.41, 5.74) is 6.22. The molecule has 2 rings (SSSR count). The molecule has 0 aliphatic rings. The maximum Gasteiger partial charge on any atom is 0.337 e. The zero-order chi connectivity index (χ0) is 10.3. The number of aromatic hydroxyl groups is 1. The molecule has 14 heavy (non-hydrogen) atoms. The minimum atomic E-state index is -1.06. The van der Waals surface area contributed by atoms with Crippen LogP contribution in [0.25, 0.3) is 10.1 Å². The van der Waals surface area contributed by atoms with Crippen LogP contribution in [0.15, 0.2) is 17.5 Å². The van der Waals surface area contributed by atoms with E-state index in [1.165, 1.54) is 22.8 Å². The number of nitrogens with two attached hydrogens (primary N) is 1. The van der Waals surface area contributed by atoms with Crippen molar-refractivity contribution in [3.8, 4) is 5.75 Å². The minimum absolute atomic E-state index is 0.0483. The van der Waals surface area contributed by atoms with E-state index >= 15 is 0 Å². The van der Waals surface area contributed by atoms with E-state index in [9.17, 15) is 9.90 Å². The third-order valence-corrected chi connectivity index (χ3v) is 2.99. The highest BCUT2D eigenvalue weighted by Crippen LogP contribution is 2.36. The van der Waals surface area contributed by atoms with Gasteiger partial charge in [0.1, 0.15) is 5.75 Å². The van der Waals surface area contributed by atoms with Crippen molar-refractivity contribution in [2.45, 2.75) is 0 Å². The van der Waals surface area contributed by atoms with E-state index in [2.05, 4.69) is 0 Å². The van der Waals surface area contributed by atoms with E-state index in [1.54, 1.807) is 6.07 Å². The molecular formula is C9H7NO3S. The zero-order valence-electron chi connectivity index (χ0n) is 7.02. The van der Waals surface area contributed by atoms with Crippen molar-refractivity contribution < 1.29 is 15.0 Å². The Balaban J connectivity index is 2.90. The monoisotopic (exact) mass is 209 g/mol. The van der Waals surface area contributed by atoms with Gasteiger partial charge in [-0.05, 0) is 12.1 Å². The molecule has 0 bridgehead atoms. The molecule has 0 unspecified atom stereocenters. The molecule has 4 nitrogen and oxygen atoms in total. The van der Waals surface area contributed by atoms with E-state index in [1.807, 2.05) is 0 Å². The molecule has 1 aromatic heterocycles. The van der Waals surface area contributed by atoms with Crippen LogP contribution in [0.3, 0.4) is 0 Å². The van der Waals surface area contributed by atoms with Gasteiger partial charge in [0, 0.05) is 11.1 Å². The Bertz CT molecular complexity index is 518. The molecule has 5 heteroatoms. The van der Waals surface area contributed by atoms with Crippen LogP contribution in [0.2, 0.25) is 0 Å². The third-order valence-electron chi connectivity index (χ3n) is 1.96. The number of hydrogen-bond acceptors (Lipinski definition) is 4. The molecule has 1 heterocycles. The standard InChI is InChI=1S/C9H7NO3S/c10-5-1-2-6(11)7-4(9(12)13)3-14-8(5)7/h1-3,11H,10H2,(H,12,13). The number of rotatable bonds is 1. The van der Waals surface area contributed by atoms with Crippen LogP contribution >= 0.6 is 11.3 Å². The van der Waals surface area contributed by atoms with E-state index < -0.39 is 5.97 Å². The van der Waals surface area contributed by atoms with E-state index in [0.717, 1.165) is 0 Å². The molecule has 0 fully saturated rings. The second kappa shape index (κ2) is 2.88. The predicted molar refractivity (Wildman–Crippen MR) is 54.9 cm³/mol. The lowest BCUT2D eigenvalue weighted by Crippen LogP contribution is -1.94. The number of thiophene rings is 1. The van der Waals surface area contributed by atoms with Crippen molar-refractivity contribution in [2.24, 2.45) is 0 Å². The maximum absolute atomic E-state index is 10.8. The molecule has 2 aromatic rings. The average molecular weight is 209 g/mol. The lowest BCUT2D eigenvalue weighted by atomic mass is 10.1. The van der Waals surface area contributed by atoms with Crippen molar-refractivity contribution in [3.63, 3.8) is 0 Å². The fourth-order valence-corrected chi connectivity index (χ4v) is 2.30. The number of carboxylic acid groups (broad SMARTS) is 1. The number of phenolic OH excluding ortho intramolecular Hbond substituents is 1. The number of carboxylic acids is 1. The number of carbonyl (C=O) groups is 1. The van der Waals surface area contributed by atoms with Crippen molar-refractivity contribution in [1.29, 1.82) is 0 Å². The smallest absolute Gasteiger partial charge is 0.337 e. The van der Waals surface area contributed by atoms with Gasteiger partial charge in [0.2, 0.25) is 0 Å². The van der Waals surface area contributed by atoms with Crippen LogP contribution in [0, 0.1) is 0 Å². The summed E-state index contributed by atoms with van der Waals surface area (Å²) >= 11 is 1.22. The second-order valence-corrected chi connectivity index (χ2v) is 3.71. The van der Waals surface area contributed by atoms with Crippen LogP contribution in [0.5, 0.6) is 5.75 Å². The van der Waals surface area contributed by atoms with Crippen LogP contribution in [-0.2, 0) is 0 Å². The Hall–Kier alpha value is -1.75. The van der Waals surface area contributed by atoms with Crippen LogP contribution < -0.4 is 5.73 Å². The molecule has 0 amide bonds. The van der Waals surface area contributed by atoms with E-state index in [4.69, 9.17) is 10.8 Å². The lowest BCUT2D eigenvalue weighted by molar-refractivity contribution is 0.0699. The van der Waals surface area contributed by atoms with Gasteiger partial charge in [0.05, 0.1) is 15.6 Å². The summed E-state index contributed by atoms with van der Waals surface area (Å²) in [6, 6.07) is 2.95. The molecule has 0 aliphatic carbocycles. The van der Waals surface area contributed by atoms with Crippen molar-refractivity contribution >= 4 is 33.1 Å². The predicted octanol–water partition coefficient (Wildman–Crippen LogP) is 1.89. The normalized spacial score (nSPS) is 10.6. The number of phenols is 1. The highest BCUT2D eigenvalue weighted by atomic mass is 32.1. The summed E-state index contributed by atoms with van der Waals surface area (Å²) < 4.78 is 0.613. The molecule has 0 saturated carbocycles. The lowest BCUT2D eigenvalue weighted by Gasteiger charge is -1.99. The molecule has 0 saturated heterocycles. The van der Waals surface area contributed by atoms with Crippen LogP contribution in [-0.4, -0.2) is 16.2 Å². The summed E-state index contributed by atoms with van der Waals surface area (Å²) in [5, 5.41) is 20.1. The van der Waals surface area contributed by atoms with Crippen molar-refractivity contribution in [3.05, 3.63) is 23.1 Å². The summed E-state index contributed by atoms with van der Waals surface area (Å²) in [5.74, 6) is -1.11. The Kier molecular flexibility index (Phi) is 1.82. The Morgan fingerprint density at radius 1 is 1.43 bits per heavy atom.